The Labute approximate surface area is 193 Å². The molecule has 0 saturated carbocycles. The van der Waals surface area contributed by atoms with Gasteiger partial charge in [0.2, 0.25) is 0 Å². The lowest BCUT2D eigenvalue weighted by Crippen LogP contribution is -2.15. The number of aryl methyl sites for hydroxylation is 2. The summed E-state index contributed by atoms with van der Waals surface area (Å²) in [4.78, 5) is 21.8. The lowest BCUT2D eigenvalue weighted by molar-refractivity contribution is 0.102. The van der Waals surface area contributed by atoms with Gasteiger partial charge in [0.05, 0.1) is 11.4 Å². The van der Waals surface area contributed by atoms with Crippen LogP contribution < -0.4 is 5.32 Å². The molecule has 0 saturated heterocycles. The number of amides is 1. The number of thioether (sulfide) groups is 1. The summed E-state index contributed by atoms with van der Waals surface area (Å²) >= 11 is 7.39. The molecule has 2 aromatic carbocycles. The van der Waals surface area contributed by atoms with Gasteiger partial charge in [-0.25, -0.2) is 19.0 Å². The highest BCUT2D eigenvalue weighted by atomic mass is 35.5. The van der Waals surface area contributed by atoms with Crippen LogP contribution in [-0.2, 0) is 5.75 Å². The summed E-state index contributed by atoms with van der Waals surface area (Å²) in [5.74, 6) is -0.485. The maximum Gasteiger partial charge on any atom is 0.278 e. The summed E-state index contributed by atoms with van der Waals surface area (Å²) in [5, 5.41) is 12.2. The predicted octanol–water partition coefficient (Wildman–Crippen LogP) is 5.01. The minimum absolute atomic E-state index is 0.154. The first-order valence-corrected chi connectivity index (χ1v) is 11.0. The fourth-order valence-corrected chi connectivity index (χ4v) is 4.08. The van der Waals surface area contributed by atoms with Gasteiger partial charge in [-0.05, 0) is 68.4 Å². The number of hydrogen-bond acceptors (Lipinski definition) is 6. The first-order valence-electron chi connectivity index (χ1n) is 9.61. The average molecular weight is 469 g/mol. The normalized spacial score (nSPS) is 10.9. The Balaban J connectivity index is 1.66. The zero-order chi connectivity index (χ0) is 22.7. The molecule has 32 heavy (non-hydrogen) atoms. The molecule has 2 heterocycles. The van der Waals surface area contributed by atoms with Crippen LogP contribution in [0.2, 0.25) is 5.02 Å². The molecule has 162 valence electrons. The van der Waals surface area contributed by atoms with Crippen LogP contribution in [0.1, 0.15) is 27.6 Å². The fourth-order valence-electron chi connectivity index (χ4n) is 3.01. The van der Waals surface area contributed by atoms with Gasteiger partial charge < -0.3 is 5.32 Å². The third-order valence-corrected chi connectivity index (χ3v) is 5.56. The molecule has 0 fully saturated rings. The molecule has 4 aromatic rings. The number of nitrogens with zero attached hydrogens (tertiary/aromatic N) is 5. The third kappa shape index (κ3) is 5.12. The first kappa shape index (κ1) is 21.9. The largest absolute Gasteiger partial charge is 0.321 e. The highest BCUT2D eigenvalue weighted by Gasteiger charge is 2.22. The first-order chi connectivity index (χ1) is 15.4. The number of hydrogen-bond donors (Lipinski definition) is 1. The van der Waals surface area contributed by atoms with Crippen molar-refractivity contribution in [2.75, 3.05) is 5.32 Å². The van der Waals surface area contributed by atoms with E-state index >= 15 is 0 Å². The maximum atomic E-state index is 13.2. The second-order valence-electron chi connectivity index (χ2n) is 6.96. The topological polar surface area (TPSA) is 85.6 Å². The van der Waals surface area contributed by atoms with Gasteiger partial charge in [-0.15, -0.1) is 5.10 Å². The van der Waals surface area contributed by atoms with Crippen molar-refractivity contribution in [3.05, 3.63) is 88.2 Å². The molecular weight excluding hydrogens is 451 g/mol. The highest BCUT2D eigenvalue weighted by molar-refractivity contribution is 7.98. The van der Waals surface area contributed by atoms with Gasteiger partial charge in [0, 0.05) is 27.9 Å². The van der Waals surface area contributed by atoms with Gasteiger partial charge in [-0.3, -0.25) is 4.79 Å². The van der Waals surface area contributed by atoms with Crippen LogP contribution >= 0.6 is 23.4 Å². The summed E-state index contributed by atoms with van der Waals surface area (Å²) in [6.07, 6.45) is 0. The molecule has 4 rings (SSSR count). The van der Waals surface area contributed by atoms with E-state index in [1.807, 2.05) is 19.9 Å². The molecule has 7 nitrogen and oxygen atoms in total. The van der Waals surface area contributed by atoms with Crippen LogP contribution in [0.3, 0.4) is 0 Å². The van der Waals surface area contributed by atoms with Crippen LogP contribution in [0.15, 0.2) is 59.8 Å². The van der Waals surface area contributed by atoms with E-state index in [1.165, 1.54) is 36.0 Å². The number of aromatic nitrogens is 5. The number of carbonyl (C=O) groups excluding carboxylic acids is 1. The van der Waals surface area contributed by atoms with Crippen molar-refractivity contribution in [2.24, 2.45) is 0 Å². The summed E-state index contributed by atoms with van der Waals surface area (Å²) in [6.45, 7) is 3.81. The maximum absolute atomic E-state index is 13.2. The van der Waals surface area contributed by atoms with Crippen molar-refractivity contribution in [1.29, 1.82) is 0 Å². The van der Waals surface area contributed by atoms with E-state index in [4.69, 9.17) is 11.6 Å². The van der Waals surface area contributed by atoms with E-state index in [9.17, 15) is 9.18 Å². The molecule has 0 aliphatic rings. The smallest absolute Gasteiger partial charge is 0.278 e. The van der Waals surface area contributed by atoms with Gasteiger partial charge in [0.15, 0.2) is 10.9 Å². The number of nitrogens with one attached hydrogen (secondary N) is 1. The van der Waals surface area contributed by atoms with Crippen molar-refractivity contribution in [3.63, 3.8) is 0 Å². The lowest BCUT2D eigenvalue weighted by Gasteiger charge is -2.09. The van der Waals surface area contributed by atoms with Crippen molar-refractivity contribution < 1.29 is 9.18 Å². The SMILES string of the molecule is Cc1cc(C)nc(SCc2c(C(=O)Nc3ccc(F)cc3)nnn2-c2ccc(Cl)cc2)n1. The zero-order valence-corrected chi connectivity index (χ0v) is 18.8. The standard InChI is InChI=1S/C22H18ClFN6OS/c1-13-11-14(2)26-22(25-13)32-12-19-20(21(31)27-17-7-5-16(24)6-8-17)28-29-30(19)18-9-3-15(23)4-10-18/h3-11H,12H2,1-2H3,(H,27,31). The van der Waals surface area contributed by atoms with Gasteiger partial charge in [0.25, 0.3) is 5.91 Å². The molecule has 0 atom stereocenters. The zero-order valence-electron chi connectivity index (χ0n) is 17.2. The Morgan fingerprint density at radius 2 is 1.72 bits per heavy atom. The molecule has 0 radical (unpaired) electrons. The summed E-state index contributed by atoms with van der Waals surface area (Å²) < 4.78 is 14.8. The Morgan fingerprint density at radius 3 is 2.38 bits per heavy atom. The van der Waals surface area contributed by atoms with E-state index in [1.54, 1.807) is 28.9 Å². The molecule has 1 amide bonds. The van der Waals surface area contributed by atoms with Gasteiger partial charge in [0.1, 0.15) is 5.82 Å². The van der Waals surface area contributed by atoms with Crippen molar-refractivity contribution in [1.82, 2.24) is 25.0 Å². The molecule has 0 aliphatic heterocycles. The van der Waals surface area contributed by atoms with Gasteiger partial charge >= 0.3 is 0 Å². The molecule has 0 bridgehead atoms. The van der Waals surface area contributed by atoms with Gasteiger partial charge in [-0.2, -0.15) is 0 Å². The van der Waals surface area contributed by atoms with E-state index in [0.717, 1.165) is 11.4 Å². The number of halogens is 2. The van der Waals surface area contributed by atoms with Crippen LogP contribution in [0.5, 0.6) is 0 Å². The second kappa shape index (κ2) is 9.46. The Hall–Kier alpha value is -3.30. The highest BCUT2D eigenvalue weighted by Crippen LogP contribution is 2.25. The van der Waals surface area contributed by atoms with Gasteiger partial charge in [-0.1, -0.05) is 28.6 Å². The van der Waals surface area contributed by atoms with Crippen LogP contribution in [0.25, 0.3) is 5.69 Å². The summed E-state index contributed by atoms with van der Waals surface area (Å²) in [7, 11) is 0. The summed E-state index contributed by atoms with van der Waals surface area (Å²) in [6, 6.07) is 14.5. The van der Waals surface area contributed by atoms with Crippen molar-refractivity contribution >= 4 is 35.0 Å². The summed E-state index contributed by atoms with van der Waals surface area (Å²) in [5.41, 5.74) is 3.60. The Kier molecular flexibility index (Phi) is 6.48. The van der Waals surface area contributed by atoms with E-state index in [2.05, 4.69) is 25.6 Å². The number of rotatable bonds is 6. The van der Waals surface area contributed by atoms with Crippen LogP contribution in [0, 0.1) is 19.7 Å². The quantitative estimate of drug-likeness (QED) is 0.316. The fraction of sp³-hybridized carbons (Fsp3) is 0.136. The predicted molar refractivity (Wildman–Crippen MR) is 122 cm³/mol. The van der Waals surface area contributed by atoms with E-state index < -0.39 is 5.91 Å². The Bertz CT molecular complexity index is 1240. The second-order valence-corrected chi connectivity index (χ2v) is 8.33. The molecule has 10 heteroatoms. The molecule has 0 unspecified atom stereocenters. The van der Waals surface area contributed by atoms with E-state index in [0.29, 0.717) is 33.0 Å². The van der Waals surface area contributed by atoms with Crippen molar-refractivity contribution in [3.8, 4) is 5.69 Å². The molecular formula is C22H18ClFN6OS. The van der Waals surface area contributed by atoms with E-state index in [-0.39, 0.29) is 11.5 Å². The molecule has 0 spiro atoms. The minimum atomic E-state index is -0.450. The number of carbonyl (C=O) groups is 1. The third-order valence-electron chi connectivity index (χ3n) is 4.45. The van der Waals surface area contributed by atoms with Crippen LogP contribution in [-0.4, -0.2) is 30.9 Å². The molecule has 2 aromatic heterocycles. The lowest BCUT2D eigenvalue weighted by atomic mass is 10.2. The Morgan fingerprint density at radius 1 is 1.06 bits per heavy atom. The average Bonchev–Trinajstić information content (AvgIpc) is 3.18. The number of anilines is 1. The number of benzene rings is 2. The molecule has 0 aliphatic carbocycles. The minimum Gasteiger partial charge on any atom is -0.321 e. The molecule has 1 N–H and O–H groups in total. The monoisotopic (exact) mass is 468 g/mol. The van der Waals surface area contributed by atoms with Crippen LogP contribution in [0.4, 0.5) is 10.1 Å². The van der Waals surface area contributed by atoms with Crippen molar-refractivity contribution in [2.45, 2.75) is 24.8 Å².